The van der Waals surface area contributed by atoms with E-state index in [0.29, 0.717) is 18.7 Å². The fraction of sp³-hybridized carbons (Fsp3) is 0.323. The lowest BCUT2D eigenvalue weighted by Gasteiger charge is -2.30. The lowest BCUT2D eigenvalue weighted by atomic mass is 10.0. The molecule has 1 aliphatic rings. The number of nitrogens with two attached hydrogens (primary N) is 2. The predicted molar refractivity (Wildman–Crippen MR) is 169 cm³/mol. The molecule has 4 rings (SSSR count). The molecule has 5 N–H and O–H groups in total. The largest absolute Gasteiger partial charge is 0.497 e. The molecule has 212 valence electrons. The average molecular weight is 578 g/mol. The number of methoxy groups -OCH3 is 1. The number of rotatable bonds is 11. The molecule has 2 unspecified atom stereocenters. The maximum Gasteiger partial charge on any atom is 0.253 e. The van der Waals surface area contributed by atoms with Gasteiger partial charge in [-0.25, -0.2) is 0 Å². The van der Waals surface area contributed by atoms with Crippen LogP contribution in [0.4, 0.5) is 5.69 Å². The minimum atomic E-state index is -0.0337. The molecule has 3 aromatic rings. The molecule has 0 spiro atoms. The fourth-order valence-corrected chi connectivity index (χ4v) is 6.96. The smallest absolute Gasteiger partial charge is 0.253 e. The number of benzene rings is 3. The second kappa shape index (κ2) is 13.5. The van der Waals surface area contributed by atoms with Crippen LogP contribution in [0.25, 0.3) is 5.70 Å². The molecular formula is C31H39N5O2S2. The summed E-state index contributed by atoms with van der Waals surface area (Å²) in [4.78, 5) is 19.0. The van der Waals surface area contributed by atoms with Gasteiger partial charge in [0.05, 0.1) is 24.2 Å². The molecule has 0 fully saturated rings. The van der Waals surface area contributed by atoms with Crippen molar-refractivity contribution in [2.24, 2.45) is 11.5 Å². The van der Waals surface area contributed by atoms with E-state index in [1.165, 1.54) is 16.1 Å². The molecule has 0 saturated carbocycles. The summed E-state index contributed by atoms with van der Waals surface area (Å²) in [5.41, 5.74) is 18.0. The van der Waals surface area contributed by atoms with Crippen molar-refractivity contribution in [3.8, 4) is 5.75 Å². The number of likely N-dealkylation sites (N-methyl/N-ethyl adjacent to an activating group) is 2. The van der Waals surface area contributed by atoms with Crippen LogP contribution in [0.15, 0.2) is 82.1 Å². The van der Waals surface area contributed by atoms with Crippen molar-refractivity contribution in [3.05, 3.63) is 89.0 Å². The SMILES string of the molecule is COc1ccc2c(c1)SC(C(Cc1cccc(C(N)=C(C)C)c1)NSc1cccc(C(=O)N(C)CCN)c1)N2C. The summed E-state index contributed by atoms with van der Waals surface area (Å²) in [7, 11) is 5.61. The normalized spacial score (nSPS) is 14.9. The van der Waals surface area contributed by atoms with Gasteiger partial charge < -0.3 is 26.0 Å². The molecule has 0 aromatic heterocycles. The van der Waals surface area contributed by atoms with Crippen molar-refractivity contribution in [1.82, 2.24) is 9.62 Å². The molecular weight excluding hydrogens is 539 g/mol. The van der Waals surface area contributed by atoms with Crippen molar-refractivity contribution in [2.45, 2.75) is 41.5 Å². The number of nitrogens with one attached hydrogen (secondary N) is 1. The highest BCUT2D eigenvalue weighted by molar-refractivity contribution is 8.00. The van der Waals surface area contributed by atoms with E-state index in [1.807, 2.05) is 55.9 Å². The van der Waals surface area contributed by atoms with Gasteiger partial charge in [-0.15, -0.1) is 0 Å². The number of thioether (sulfide) groups is 1. The van der Waals surface area contributed by atoms with Crippen LogP contribution in [0, 0.1) is 0 Å². The zero-order valence-electron chi connectivity index (χ0n) is 23.8. The summed E-state index contributed by atoms with van der Waals surface area (Å²) < 4.78 is 9.23. The number of hydrogen-bond acceptors (Lipinski definition) is 8. The topological polar surface area (TPSA) is 96.8 Å². The van der Waals surface area contributed by atoms with Gasteiger partial charge in [0.15, 0.2) is 0 Å². The number of anilines is 1. The van der Waals surface area contributed by atoms with Gasteiger partial charge >= 0.3 is 0 Å². The van der Waals surface area contributed by atoms with E-state index >= 15 is 0 Å². The Morgan fingerprint density at radius 1 is 1.12 bits per heavy atom. The molecule has 9 heteroatoms. The summed E-state index contributed by atoms with van der Waals surface area (Å²) >= 11 is 3.38. The van der Waals surface area contributed by atoms with E-state index in [-0.39, 0.29) is 17.3 Å². The number of fused-ring (bicyclic) bond motifs is 1. The van der Waals surface area contributed by atoms with Crippen molar-refractivity contribution in [2.75, 3.05) is 39.2 Å². The monoisotopic (exact) mass is 577 g/mol. The standard InChI is InChI=1S/C31H39N5O2S2/c1-20(2)29(33)22-9-6-8-21(16-22)17-26(31-36(4)27-13-12-24(38-5)19-28(27)39-31)34-40-25-11-7-10-23(18-25)30(37)35(3)15-14-32/h6-13,16,18-19,26,31,34H,14-15,17,32-33H2,1-5H3. The summed E-state index contributed by atoms with van der Waals surface area (Å²) in [6, 6.07) is 22.5. The Bertz CT molecular complexity index is 1380. The molecule has 1 amide bonds. The number of carbonyl (C=O) groups is 1. The van der Waals surface area contributed by atoms with Crippen molar-refractivity contribution < 1.29 is 9.53 Å². The van der Waals surface area contributed by atoms with Gasteiger partial charge in [-0.3, -0.25) is 9.52 Å². The number of amides is 1. The molecule has 2 atom stereocenters. The maximum atomic E-state index is 12.8. The first-order chi connectivity index (χ1) is 19.2. The fourth-order valence-electron chi connectivity index (χ4n) is 4.67. The predicted octanol–water partition coefficient (Wildman–Crippen LogP) is 5.21. The van der Waals surface area contributed by atoms with Crippen molar-refractivity contribution in [3.63, 3.8) is 0 Å². The van der Waals surface area contributed by atoms with E-state index in [2.05, 4.69) is 53.1 Å². The molecule has 0 bridgehead atoms. The van der Waals surface area contributed by atoms with Crippen LogP contribution in [0.2, 0.25) is 0 Å². The Kier molecular flexibility index (Phi) is 10.1. The van der Waals surface area contributed by atoms with Crippen LogP contribution in [-0.4, -0.2) is 56.5 Å². The zero-order chi connectivity index (χ0) is 28.8. The molecule has 7 nitrogen and oxygen atoms in total. The van der Waals surface area contributed by atoms with Crippen molar-refractivity contribution in [1.29, 1.82) is 0 Å². The molecule has 0 aliphatic carbocycles. The maximum absolute atomic E-state index is 12.8. The Morgan fingerprint density at radius 2 is 1.88 bits per heavy atom. The molecule has 40 heavy (non-hydrogen) atoms. The van der Waals surface area contributed by atoms with Gasteiger partial charge in [0.1, 0.15) is 5.75 Å². The van der Waals surface area contributed by atoms with E-state index in [9.17, 15) is 4.79 Å². The zero-order valence-corrected chi connectivity index (χ0v) is 25.4. The van der Waals surface area contributed by atoms with Crippen LogP contribution >= 0.6 is 23.7 Å². The average Bonchev–Trinajstić information content (AvgIpc) is 3.29. The van der Waals surface area contributed by atoms with E-state index in [0.717, 1.165) is 33.9 Å². The van der Waals surface area contributed by atoms with Crippen LogP contribution in [0.5, 0.6) is 5.75 Å². The third-order valence-corrected chi connectivity index (χ3v) is 9.35. The van der Waals surface area contributed by atoms with Gasteiger partial charge in [-0.1, -0.05) is 41.6 Å². The van der Waals surface area contributed by atoms with Gasteiger partial charge in [-0.05, 0) is 85.8 Å². The molecule has 1 aliphatic heterocycles. The summed E-state index contributed by atoms with van der Waals surface area (Å²) in [5.74, 6) is 0.818. The van der Waals surface area contributed by atoms with Crippen molar-refractivity contribution >= 4 is 41.0 Å². The molecule has 3 aromatic carbocycles. The molecule has 0 radical (unpaired) electrons. The second-order valence-corrected chi connectivity index (χ2v) is 12.2. The van der Waals surface area contributed by atoms with Crippen LogP contribution in [-0.2, 0) is 6.42 Å². The highest BCUT2D eigenvalue weighted by atomic mass is 32.2. The minimum absolute atomic E-state index is 0.0337. The minimum Gasteiger partial charge on any atom is -0.497 e. The molecule has 1 heterocycles. The number of carbonyl (C=O) groups excluding carboxylic acids is 1. The quantitative estimate of drug-likeness (QED) is 0.267. The Morgan fingerprint density at radius 3 is 2.60 bits per heavy atom. The Hall–Kier alpha value is -3.11. The van der Waals surface area contributed by atoms with Crippen LogP contribution in [0.1, 0.15) is 35.3 Å². The third-order valence-electron chi connectivity index (χ3n) is 6.97. The van der Waals surface area contributed by atoms with Gasteiger partial charge in [-0.2, -0.15) is 0 Å². The summed E-state index contributed by atoms with van der Waals surface area (Å²) in [5, 5.41) is 0.138. The van der Waals surface area contributed by atoms with E-state index < -0.39 is 0 Å². The first kappa shape index (κ1) is 29.9. The highest BCUT2D eigenvalue weighted by Crippen LogP contribution is 2.46. The highest BCUT2D eigenvalue weighted by Gasteiger charge is 2.34. The van der Waals surface area contributed by atoms with Crippen LogP contribution < -0.4 is 25.8 Å². The Balaban J connectivity index is 1.59. The van der Waals surface area contributed by atoms with E-state index in [4.69, 9.17) is 16.2 Å². The third kappa shape index (κ3) is 6.96. The molecule has 0 saturated heterocycles. The lowest BCUT2D eigenvalue weighted by molar-refractivity contribution is 0.0798. The van der Waals surface area contributed by atoms with E-state index in [1.54, 1.807) is 31.0 Å². The van der Waals surface area contributed by atoms with Gasteiger partial charge in [0, 0.05) is 48.2 Å². The van der Waals surface area contributed by atoms with Gasteiger partial charge in [0.2, 0.25) is 0 Å². The van der Waals surface area contributed by atoms with Gasteiger partial charge in [0.25, 0.3) is 5.91 Å². The first-order valence-electron chi connectivity index (χ1n) is 13.3. The Labute approximate surface area is 246 Å². The number of hydrogen-bond donors (Lipinski definition) is 3. The van der Waals surface area contributed by atoms with Crippen LogP contribution in [0.3, 0.4) is 0 Å². The number of nitrogens with zero attached hydrogens (tertiary/aromatic N) is 2. The number of allylic oxidation sites excluding steroid dienone is 1. The second-order valence-electron chi connectivity index (χ2n) is 10.1. The number of ether oxygens (including phenoxy) is 1. The first-order valence-corrected chi connectivity index (χ1v) is 15.0. The lowest BCUT2D eigenvalue weighted by Crippen LogP contribution is -2.44. The summed E-state index contributed by atoms with van der Waals surface area (Å²) in [6.45, 7) is 5.02. The summed E-state index contributed by atoms with van der Waals surface area (Å²) in [6.07, 6.45) is 0.794.